The molecule has 1 aromatic carbocycles. The summed E-state index contributed by atoms with van der Waals surface area (Å²) in [6, 6.07) is 4.09. The third-order valence-electron chi connectivity index (χ3n) is 7.12. The number of aromatic hydroxyl groups is 1. The average molecular weight is 627 g/mol. The molecule has 0 unspecified atom stereocenters. The first kappa shape index (κ1) is 39.3. The highest BCUT2D eigenvalue weighted by atomic mass is 16.5. The van der Waals surface area contributed by atoms with Crippen LogP contribution in [0.2, 0.25) is 0 Å². The topological polar surface area (TPSA) is 134 Å². The molecule has 1 aromatic rings. The molecule has 0 saturated heterocycles. The number of esters is 1. The second kappa shape index (κ2) is 21.1. The molecule has 0 aliphatic carbocycles. The van der Waals surface area contributed by atoms with E-state index in [9.17, 15) is 24.6 Å². The summed E-state index contributed by atoms with van der Waals surface area (Å²) in [5, 5.41) is 26.8. The molecule has 0 aromatic heterocycles. The Labute approximate surface area is 269 Å². The van der Waals surface area contributed by atoms with E-state index in [-0.39, 0.29) is 29.9 Å². The molecule has 2 amide bonds. The minimum atomic E-state index is -0.842. The van der Waals surface area contributed by atoms with Gasteiger partial charge in [-0.05, 0) is 62.3 Å². The fourth-order valence-corrected chi connectivity index (χ4v) is 4.70. The lowest BCUT2D eigenvalue weighted by Crippen LogP contribution is -2.43. The van der Waals surface area contributed by atoms with Gasteiger partial charge in [0.2, 0.25) is 11.8 Å². The number of phenolic OH excluding ortho intramolecular Hbond substituents is 1. The Bertz CT molecular complexity index is 1200. The van der Waals surface area contributed by atoms with Crippen LogP contribution >= 0.6 is 0 Å². The molecule has 1 aliphatic heterocycles. The third-order valence-corrected chi connectivity index (χ3v) is 7.12. The number of methoxy groups -OCH3 is 1. The number of amides is 2. The summed E-state index contributed by atoms with van der Waals surface area (Å²) >= 11 is 0. The molecule has 9 nitrogen and oxygen atoms in total. The van der Waals surface area contributed by atoms with E-state index in [4.69, 9.17) is 9.47 Å². The van der Waals surface area contributed by atoms with Crippen LogP contribution in [0.15, 0.2) is 66.3 Å². The van der Waals surface area contributed by atoms with E-state index in [0.717, 1.165) is 11.1 Å². The van der Waals surface area contributed by atoms with Crippen LogP contribution in [0.4, 0.5) is 5.69 Å². The maximum atomic E-state index is 13.0. The second-order valence-electron chi connectivity index (χ2n) is 11.5. The van der Waals surface area contributed by atoms with Gasteiger partial charge in [0.1, 0.15) is 17.9 Å². The van der Waals surface area contributed by atoms with E-state index < -0.39 is 36.2 Å². The summed E-state index contributed by atoms with van der Waals surface area (Å²) in [6.45, 7) is 13.1. The van der Waals surface area contributed by atoms with E-state index >= 15 is 0 Å². The van der Waals surface area contributed by atoms with Crippen LogP contribution in [0.1, 0.15) is 79.7 Å². The van der Waals surface area contributed by atoms with Gasteiger partial charge in [-0.1, -0.05) is 77.2 Å². The molecule has 0 spiro atoms. The number of phenols is 1. The summed E-state index contributed by atoms with van der Waals surface area (Å²) in [4.78, 5) is 37.9. The number of fused-ring (bicyclic) bond motifs is 2. The molecule has 0 fully saturated rings. The van der Waals surface area contributed by atoms with Gasteiger partial charge in [-0.2, -0.15) is 0 Å². The van der Waals surface area contributed by atoms with Crippen LogP contribution in [-0.4, -0.2) is 59.5 Å². The van der Waals surface area contributed by atoms with Gasteiger partial charge in [0.15, 0.2) is 0 Å². The Morgan fingerprint density at radius 1 is 1.09 bits per heavy atom. The summed E-state index contributed by atoms with van der Waals surface area (Å²) in [6.07, 6.45) is 12.7. The second-order valence-corrected chi connectivity index (χ2v) is 11.5. The summed E-state index contributed by atoms with van der Waals surface area (Å²) in [5.41, 5.74) is 2.05. The first-order chi connectivity index (χ1) is 21.4. The molecule has 1 aliphatic rings. The molecular formula is C36H54N2O7. The smallest absolute Gasteiger partial charge is 0.328 e. The lowest BCUT2D eigenvalue weighted by atomic mass is 9.90. The zero-order valence-electron chi connectivity index (χ0n) is 28.2. The number of hydrogen-bond acceptors (Lipinski definition) is 7. The number of aliphatic hydroxyl groups is 1. The summed E-state index contributed by atoms with van der Waals surface area (Å²) in [5.74, 6) is -1.30. The van der Waals surface area contributed by atoms with Gasteiger partial charge in [0.25, 0.3) is 0 Å². The molecule has 45 heavy (non-hydrogen) atoms. The summed E-state index contributed by atoms with van der Waals surface area (Å²) in [7, 11) is 1.53. The number of allylic oxidation sites excluding steroid dienone is 5. The van der Waals surface area contributed by atoms with Gasteiger partial charge in [-0.3, -0.25) is 9.59 Å². The highest BCUT2D eigenvalue weighted by Crippen LogP contribution is 2.25. The van der Waals surface area contributed by atoms with E-state index in [2.05, 4.69) is 10.6 Å². The fraction of sp³-hybridized carbons (Fsp3) is 0.528. The van der Waals surface area contributed by atoms with Gasteiger partial charge in [0.05, 0.1) is 18.6 Å². The van der Waals surface area contributed by atoms with Crippen LogP contribution in [0, 0.1) is 11.8 Å². The molecule has 0 radical (unpaired) electrons. The summed E-state index contributed by atoms with van der Waals surface area (Å²) < 4.78 is 11.3. The molecular weight excluding hydrogens is 572 g/mol. The van der Waals surface area contributed by atoms with E-state index in [0.29, 0.717) is 31.4 Å². The zero-order chi connectivity index (χ0) is 33.9. The van der Waals surface area contributed by atoms with Crippen molar-refractivity contribution in [2.75, 3.05) is 12.4 Å². The average Bonchev–Trinajstić information content (AvgIpc) is 2.97. The maximum Gasteiger partial charge on any atom is 0.328 e. The van der Waals surface area contributed by atoms with Gasteiger partial charge < -0.3 is 30.3 Å². The Morgan fingerprint density at radius 3 is 2.44 bits per heavy atom. The SMILES string of the molecule is CC.CO[C@H]1/C=C/C=C/C=C/C[C@H](O)[C@H](C)[C@@H](OC(=O)[C@@H](C)NC(=O)CC(C)C)/C(C)=C\CCc2cc(O)cc(c2)NC(=O)C1. The van der Waals surface area contributed by atoms with Crippen LogP contribution in [0.3, 0.4) is 0 Å². The number of anilines is 1. The number of aryl methyl sites for hydroxylation is 1. The van der Waals surface area contributed by atoms with Gasteiger partial charge >= 0.3 is 5.97 Å². The highest BCUT2D eigenvalue weighted by Gasteiger charge is 2.30. The maximum absolute atomic E-state index is 13.0. The molecule has 4 N–H and O–H groups in total. The van der Waals surface area contributed by atoms with Crippen LogP contribution in [-0.2, 0) is 30.3 Å². The Hall–Kier alpha value is -3.69. The van der Waals surface area contributed by atoms with Crippen LogP contribution in [0.25, 0.3) is 0 Å². The Morgan fingerprint density at radius 2 is 1.78 bits per heavy atom. The van der Waals surface area contributed by atoms with Crippen molar-refractivity contribution >= 4 is 23.5 Å². The van der Waals surface area contributed by atoms with Crippen molar-refractivity contribution in [3.63, 3.8) is 0 Å². The lowest BCUT2D eigenvalue weighted by Gasteiger charge is -2.29. The normalized spacial score (nSPS) is 25.5. The van der Waals surface area contributed by atoms with Crippen molar-refractivity contribution in [3.8, 4) is 5.75 Å². The lowest BCUT2D eigenvalue weighted by molar-refractivity contribution is -0.154. The molecule has 2 bridgehead atoms. The standard InChI is InChI=1S/C34H48N2O7.C2H6/c1-22(2)17-31(39)35-25(5)34(41)43-33-23(3)13-12-14-26-18-27(20-28(37)19-26)36-32(40)21-29(42-6)15-10-8-7-9-11-16-30(38)24(33)4;1-2/h7-11,13,15,18-20,22,24-25,29-30,33,37-38H,12,14,16-17,21H2,1-6H3,(H,35,39)(H,36,40);1-2H3/b8-7+,11-9+,15-10+,23-13-;/t24-,25+,29-,30-,33-;/m0./s1. The van der Waals surface area contributed by atoms with E-state index in [1.165, 1.54) is 13.2 Å². The Balaban J connectivity index is 0.00000496. The van der Waals surface area contributed by atoms with Crippen molar-refractivity contribution < 1.29 is 34.1 Å². The minimum Gasteiger partial charge on any atom is -0.508 e. The largest absolute Gasteiger partial charge is 0.508 e. The number of ether oxygens (including phenoxy) is 2. The van der Waals surface area contributed by atoms with Gasteiger partial charge in [0, 0.05) is 31.2 Å². The van der Waals surface area contributed by atoms with Crippen molar-refractivity contribution in [2.45, 2.75) is 105 Å². The van der Waals surface area contributed by atoms with Gasteiger partial charge in [-0.15, -0.1) is 0 Å². The first-order valence-electron chi connectivity index (χ1n) is 15.9. The van der Waals surface area contributed by atoms with Crippen LogP contribution in [0.5, 0.6) is 5.75 Å². The van der Waals surface area contributed by atoms with Gasteiger partial charge in [-0.25, -0.2) is 4.79 Å². The predicted molar refractivity (Wildman–Crippen MR) is 180 cm³/mol. The number of rotatable bonds is 6. The number of aliphatic hydroxyl groups excluding tert-OH is 1. The number of hydrogen-bond donors (Lipinski definition) is 4. The predicted octanol–water partition coefficient (Wildman–Crippen LogP) is 6.17. The molecule has 2 rings (SSSR count). The van der Waals surface area contributed by atoms with Crippen molar-refractivity contribution in [1.29, 1.82) is 0 Å². The monoisotopic (exact) mass is 626 g/mol. The molecule has 9 heteroatoms. The van der Waals surface area contributed by atoms with E-state index in [1.807, 2.05) is 65.8 Å². The molecule has 5 atom stereocenters. The number of carbonyl (C=O) groups is 3. The van der Waals surface area contributed by atoms with Crippen molar-refractivity contribution in [3.05, 3.63) is 71.9 Å². The first-order valence-corrected chi connectivity index (χ1v) is 15.9. The fourth-order valence-electron chi connectivity index (χ4n) is 4.70. The number of carbonyl (C=O) groups excluding carboxylic acids is 3. The van der Waals surface area contributed by atoms with Crippen molar-refractivity contribution in [1.82, 2.24) is 5.32 Å². The van der Waals surface area contributed by atoms with Crippen molar-refractivity contribution in [2.24, 2.45) is 11.8 Å². The number of benzene rings is 1. The Kier molecular flexibility index (Phi) is 18.5. The van der Waals surface area contributed by atoms with E-state index in [1.54, 1.807) is 37.3 Å². The molecule has 250 valence electrons. The molecule has 1 heterocycles. The minimum absolute atomic E-state index is 0.0322. The highest BCUT2D eigenvalue weighted by molar-refractivity contribution is 5.91. The third kappa shape index (κ3) is 15.2. The van der Waals surface area contributed by atoms with Crippen LogP contribution < -0.4 is 10.6 Å². The number of nitrogens with one attached hydrogen (secondary N) is 2. The molecule has 0 saturated carbocycles. The zero-order valence-corrected chi connectivity index (χ0v) is 28.2. The quantitative estimate of drug-likeness (QED) is 0.219.